The van der Waals surface area contributed by atoms with E-state index >= 15 is 0 Å². The van der Waals surface area contributed by atoms with Gasteiger partial charge in [0.25, 0.3) is 0 Å². The molecule has 0 atom stereocenters. The number of benzene rings is 6. The first-order valence-corrected chi connectivity index (χ1v) is 22.8. The van der Waals surface area contributed by atoms with Crippen molar-refractivity contribution < 1.29 is 61.7 Å². The molecule has 0 fully saturated rings. The molecule has 6 rings (SSSR count). The van der Waals surface area contributed by atoms with E-state index < -0.39 is 36.7 Å². The third kappa shape index (κ3) is 20.2. The van der Waals surface area contributed by atoms with E-state index in [4.69, 9.17) is 46.0 Å². The Morgan fingerprint density at radius 1 is 0.293 bits per heavy atom. The van der Waals surface area contributed by atoms with Crippen LogP contribution in [0.2, 0.25) is 0 Å². The topological polar surface area (TPSA) is 250 Å². The van der Waals surface area contributed by atoms with Gasteiger partial charge >= 0.3 is 32.7 Å². The molecule has 0 amide bonds. The average Bonchev–Trinajstić information content (AvgIpc) is 3.20. The molecule has 0 aliphatic heterocycles. The molecule has 300 valence electrons. The van der Waals surface area contributed by atoms with E-state index in [0.29, 0.717) is 0 Å². The summed E-state index contributed by atoms with van der Waals surface area (Å²) in [5.74, 6) is 0. The molecule has 0 aliphatic carbocycles. The van der Waals surface area contributed by atoms with Gasteiger partial charge in [0.2, 0.25) is 0 Å². The van der Waals surface area contributed by atoms with Crippen molar-refractivity contribution in [2.75, 3.05) is 20.0 Å². The molecule has 0 heterocycles. The monoisotopic (exact) mass is 923 g/mol. The van der Waals surface area contributed by atoms with E-state index in [0.717, 1.165) is 31.8 Å². The van der Waals surface area contributed by atoms with Crippen LogP contribution in [0.25, 0.3) is 0 Å². The van der Waals surface area contributed by atoms with Crippen molar-refractivity contribution in [1.29, 1.82) is 0 Å². The summed E-state index contributed by atoms with van der Waals surface area (Å²) in [7, 11) is -7.19. The predicted molar refractivity (Wildman–Crippen MR) is 228 cm³/mol. The molecule has 0 spiro atoms. The molecular formula is C39H39N3O12P3Y. The summed E-state index contributed by atoms with van der Waals surface area (Å²) in [6.45, 7) is 5.45. The van der Waals surface area contributed by atoms with Crippen LogP contribution in [0.5, 0.6) is 0 Å². The fourth-order valence-corrected chi connectivity index (χ4v) is 10.1. The van der Waals surface area contributed by atoms with Crippen LogP contribution < -0.4 is 31.8 Å². The Balaban J connectivity index is 0.000000731. The van der Waals surface area contributed by atoms with Gasteiger partial charge in [-0.3, -0.25) is 0 Å². The van der Waals surface area contributed by atoms with Crippen LogP contribution in [-0.2, 0) is 46.4 Å². The van der Waals surface area contributed by atoms with Crippen molar-refractivity contribution in [1.82, 2.24) is 0 Å². The van der Waals surface area contributed by atoms with Gasteiger partial charge in [0, 0.05) is 31.8 Å². The molecule has 0 N–H and O–H groups in total. The summed E-state index contributed by atoms with van der Waals surface area (Å²) in [4.78, 5) is 24.8. The van der Waals surface area contributed by atoms with Crippen molar-refractivity contribution in [2.24, 2.45) is 0 Å². The van der Waals surface area contributed by atoms with Gasteiger partial charge in [-0.05, 0) is 20.0 Å². The van der Waals surface area contributed by atoms with Crippen LogP contribution in [0.1, 0.15) is 0 Å². The maximum atomic E-state index is 12.6. The average molecular weight is 924 g/mol. The van der Waals surface area contributed by atoms with Crippen LogP contribution in [-0.4, -0.2) is 35.3 Å². The molecule has 58 heavy (non-hydrogen) atoms. The second kappa shape index (κ2) is 27.4. The van der Waals surface area contributed by atoms with Gasteiger partial charge in [0.05, 0.1) is 15.3 Å². The van der Waals surface area contributed by atoms with E-state index in [1.54, 1.807) is 0 Å². The molecule has 0 unspecified atom stereocenters. The van der Waals surface area contributed by atoms with Gasteiger partial charge in [-0.15, -0.1) is 0 Å². The maximum Gasteiger partial charge on any atom is 3.00 e. The summed E-state index contributed by atoms with van der Waals surface area (Å²) < 4.78 is 37.9. The molecule has 0 aliphatic rings. The first-order chi connectivity index (χ1) is 26.8. The number of hydrogen-bond acceptors (Lipinski definition) is 12. The van der Waals surface area contributed by atoms with Crippen LogP contribution in [0.3, 0.4) is 0 Å². The van der Waals surface area contributed by atoms with Crippen LogP contribution >= 0.6 is 21.4 Å². The zero-order chi connectivity index (χ0) is 42.9. The van der Waals surface area contributed by atoms with Gasteiger partial charge < -0.3 is 59.7 Å². The minimum Gasteiger partial charge on any atom is -0.356 e. The largest absolute Gasteiger partial charge is 3.00 e. The summed E-state index contributed by atoms with van der Waals surface area (Å²) in [5, 5.41) is 49.7. The number of rotatable bonds is 6. The third-order valence-electron chi connectivity index (χ3n) is 7.49. The summed E-state index contributed by atoms with van der Waals surface area (Å²) in [6, 6.07) is 57.8. The number of hydrogen-bond donors (Lipinski definition) is 0. The van der Waals surface area contributed by atoms with E-state index in [-0.39, 0.29) is 32.7 Å². The minimum absolute atomic E-state index is 0. The Labute approximate surface area is 360 Å². The van der Waals surface area contributed by atoms with Crippen molar-refractivity contribution in [2.45, 2.75) is 0 Å². The normalized spacial score (nSPS) is 9.98. The Morgan fingerprint density at radius 2 is 0.379 bits per heavy atom. The standard InChI is InChI=1S/3C13H13OP.3NO3.Y/c3*1-15(14,12-8-4-2-5-9-12)13-10-6-3-7-11-13;3*2-1(3)4;/h3*2-11H,1H3;;;;/q;;;3*-1;+3. The van der Waals surface area contributed by atoms with Gasteiger partial charge in [0.1, 0.15) is 21.4 Å². The van der Waals surface area contributed by atoms with E-state index in [2.05, 4.69) is 0 Å². The zero-order valence-corrected chi connectivity index (χ0v) is 37.0. The fraction of sp³-hybridized carbons (Fsp3) is 0.0769. The maximum absolute atomic E-state index is 12.6. The Kier molecular flexibility index (Phi) is 24.9. The first-order valence-electron chi connectivity index (χ1n) is 16.3. The molecule has 0 radical (unpaired) electrons. The smallest absolute Gasteiger partial charge is 0.356 e. The molecule has 15 nitrogen and oxygen atoms in total. The molecular weight excluding hydrogens is 884 g/mol. The van der Waals surface area contributed by atoms with Crippen LogP contribution in [0, 0.1) is 46.0 Å². The van der Waals surface area contributed by atoms with Crippen LogP contribution in [0.4, 0.5) is 0 Å². The second-order valence-corrected chi connectivity index (χ2v) is 20.1. The zero-order valence-electron chi connectivity index (χ0n) is 31.5. The Hall–Kier alpha value is -5.29. The third-order valence-corrected chi connectivity index (χ3v) is 15.2. The van der Waals surface area contributed by atoms with Gasteiger partial charge in [-0.1, -0.05) is 182 Å². The van der Waals surface area contributed by atoms with E-state index in [9.17, 15) is 13.7 Å². The van der Waals surface area contributed by atoms with E-state index in [1.165, 1.54) is 0 Å². The molecule has 6 aromatic carbocycles. The minimum atomic E-state index is -2.40. The molecule has 0 saturated heterocycles. The SMILES string of the molecule is CP(=O)(c1ccccc1)c1ccccc1.CP(=O)(c1ccccc1)c1ccccc1.CP(=O)(c1ccccc1)c1ccccc1.O=[N+]([O-])[O-].O=[N+]([O-])[O-].O=[N+]([O-])[O-].[Y+3]. The first kappa shape index (κ1) is 52.7. The Morgan fingerprint density at radius 3 is 0.466 bits per heavy atom. The van der Waals surface area contributed by atoms with Gasteiger partial charge in [0.15, 0.2) is 0 Å². The number of nitrogens with zero attached hydrogens (tertiary/aromatic N) is 3. The second-order valence-electron chi connectivity index (χ2n) is 11.5. The Bertz CT molecular complexity index is 1830. The van der Waals surface area contributed by atoms with Crippen molar-refractivity contribution >= 4 is 53.3 Å². The van der Waals surface area contributed by atoms with Crippen molar-refractivity contribution in [3.63, 3.8) is 0 Å². The quantitative estimate of drug-likeness (QED) is 0.0916. The summed E-state index contributed by atoms with van der Waals surface area (Å²) in [5.41, 5.74) is 0. The molecule has 6 aromatic rings. The molecule has 0 bridgehead atoms. The van der Waals surface area contributed by atoms with Gasteiger partial charge in [-0.2, -0.15) is 0 Å². The van der Waals surface area contributed by atoms with Gasteiger partial charge in [-0.25, -0.2) is 0 Å². The van der Waals surface area contributed by atoms with Crippen LogP contribution in [0.15, 0.2) is 182 Å². The van der Waals surface area contributed by atoms with Crippen molar-refractivity contribution in [3.8, 4) is 0 Å². The summed E-state index contributed by atoms with van der Waals surface area (Å²) in [6.07, 6.45) is 0. The molecule has 19 heteroatoms. The molecule has 0 aromatic heterocycles. The molecule has 0 saturated carbocycles. The van der Waals surface area contributed by atoms with E-state index in [1.807, 2.05) is 202 Å². The summed E-state index contributed by atoms with van der Waals surface area (Å²) >= 11 is 0. The predicted octanol–water partition coefficient (Wildman–Crippen LogP) is 7.17. The van der Waals surface area contributed by atoms with Crippen molar-refractivity contribution in [3.05, 3.63) is 228 Å². The fourth-order valence-electron chi connectivity index (χ4n) is 4.72.